The van der Waals surface area contributed by atoms with E-state index in [-0.39, 0.29) is 0 Å². The minimum absolute atomic E-state index is 0.711. The Morgan fingerprint density at radius 1 is 0.821 bits per heavy atom. The summed E-state index contributed by atoms with van der Waals surface area (Å²) in [4.78, 5) is 12.2. The van der Waals surface area contributed by atoms with Crippen LogP contribution < -0.4 is 0 Å². The summed E-state index contributed by atoms with van der Waals surface area (Å²) >= 11 is 0. The van der Waals surface area contributed by atoms with Gasteiger partial charge in [-0.05, 0) is 29.8 Å². The zero-order valence-electron chi connectivity index (χ0n) is 15.0. The number of nitrogens with zero attached hydrogens (tertiary/aromatic N) is 2. The molecule has 0 atom stereocenters. The van der Waals surface area contributed by atoms with Gasteiger partial charge in [0, 0.05) is 16.8 Å². The van der Waals surface area contributed by atoms with Crippen LogP contribution in [0.15, 0.2) is 107 Å². The maximum atomic E-state index is 5.37. The van der Waals surface area contributed by atoms with Crippen molar-refractivity contribution in [3.05, 3.63) is 114 Å². The third kappa shape index (κ3) is 3.12. The molecule has 3 heterocycles. The summed E-state index contributed by atoms with van der Waals surface area (Å²) in [6.45, 7) is 0. The smallest absolute Gasteiger partial charge is 0.181 e. The first kappa shape index (κ1) is 16.3. The van der Waals surface area contributed by atoms with Crippen molar-refractivity contribution in [2.45, 2.75) is 0 Å². The number of nitrogens with one attached hydrogen (secondary N) is 1. The van der Waals surface area contributed by atoms with Gasteiger partial charge in [-0.15, -0.1) is 0 Å². The van der Waals surface area contributed by atoms with E-state index in [2.05, 4.69) is 46.4 Å². The Morgan fingerprint density at radius 3 is 2.29 bits per heavy atom. The highest BCUT2D eigenvalue weighted by Gasteiger charge is 2.17. The number of hydrogen-bond acceptors (Lipinski definition) is 3. The molecule has 1 aliphatic heterocycles. The number of aromatic amines is 1. The number of allylic oxidation sites excluding steroid dienone is 2. The second kappa shape index (κ2) is 7.00. The van der Waals surface area contributed by atoms with Crippen LogP contribution in [0.5, 0.6) is 0 Å². The Hall–Kier alpha value is -3.92. The van der Waals surface area contributed by atoms with Gasteiger partial charge < -0.3 is 9.40 Å². The maximum Gasteiger partial charge on any atom is 0.181 e. The highest BCUT2D eigenvalue weighted by Crippen LogP contribution is 2.32. The molecule has 0 radical (unpaired) electrons. The topological polar surface area (TPSA) is 54.2 Å². The molecule has 0 bridgehead atoms. The highest BCUT2D eigenvalue weighted by atomic mass is 16.3. The van der Waals surface area contributed by atoms with Crippen LogP contribution in [-0.4, -0.2) is 15.7 Å². The molecule has 0 saturated heterocycles. The molecule has 0 spiro atoms. The molecule has 1 aliphatic rings. The third-order valence-electron chi connectivity index (χ3n) is 4.65. The number of aliphatic imine (C=N–C) groups is 1. The maximum absolute atomic E-state index is 5.37. The fourth-order valence-electron chi connectivity index (χ4n) is 3.28. The monoisotopic (exact) mass is 363 g/mol. The molecule has 0 amide bonds. The van der Waals surface area contributed by atoms with Gasteiger partial charge in [0.2, 0.25) is 0 Å². The highest BCUT2D eigenvalue weighted by molar-refractivity contribution is 6.18. The summed E-state index contributed by atoms with van der Waals surface area (Å²) in [5.74, 6) is 0.711. The molecule has 0 unspecified atom stereocenters. The Labute approximate surface area is 162 Å². The molecule has 4 aromatic rings. The molecule has 2 aromatic carbocycles. The van der Waals surface area contributed by atoms with Crippen molar-refractivity contribution in [2.75, 3.05) is 0 Å². The van der Waals surface area contributed by atoms with Gasteiger partial charge in [-0.2, -0.15) is 0 Å². The molecular formula is C24H17N3O. The molecule has 1 N–H and O–H groups in total. The van der Waals surface area contributed by atoms with E-state index in [1.165, 1.54) is 6.39 Å². The van der Waals surface area contributed by atoms with Gasteiger partial charge in [0.1, 0.15) is 0 Å². The Kier molecular flexibility index (Phi) is 4.07. The molecule has 28 heavy (non-hydrogen) atoms. The van der Waals surface area contributed by atoms with E-state index in [1.54, 1.807) is 6.20 Å². The number of oxazole rings is 1. The van der Waals surface area contributed by atoms with Gasteiger partial charge in [0.25, 0.3) is 0 Å². The van der Waals surface area contributed by atoms with Gasteiger partial charge in [-0.25, -0.2) is 9.98 Å². The van der Waals surface area contributed by atoms with Crippen LogP contribution in [0.3, 0.4) is 0 Å². The van der Waals surface area contributed by atoms with E-state index in [1.807, 2.05) is 48.5 Å². The van der Waals surface area contributed by atoms with Crippen molar-refractivity contribution >= 4 is 17.4 Å². The van der Waals surface area contributed by atoms with Crippen LogP contribution in [0.25, 0.3) is 23.1 Å². The first-order valence-electron chi connectivity index (χ1n) is 9.08. The van der Waals surface area contributed by atoms with Gasteiger partial charge in [-0.1, -0.05) is 60.7 Å². The van der Waals surface area contributed by atoms with Crippen molar-refractivity contribution in [2.24, 2.45) is 4.99 Å². The fraction of sp³-hybridized carbons (Fsp3) is 0. The standard InChI is InChI=1S/C24H17N3O/c1-3-7-17(8-4-1)20-14-22(18-9-5-2-6-10-18)27-23(20)13-19-11-12-21(26-19)24-15-25-16-28-24/h1-16,26H/b23-13-. The lowest BCUT2D eigenvalue weighted by atomic mass is 10.0. The summed E-state index contributed by atoms with van der Waals surface area (Å²) in [6, 6.07) is 24.6. The van der Waals surface area contributed by atoms with Crippen molar-refractivity contribution < 1.29 is 4.42 Å². The van der Waals surface area contributed by atoms with E-state index in [4.69, 9.17) is 9.41 Å². The van der Waals surface area contributed by atoms with Crippen molar-refractivity contribution in [3.8, 4) is 11.5 Å². The first-order chi connectivity index (χ1) is 13.9. The SMILES string of the molecule is C1=C(c2ccccc2)/C(=C/c2ccc(-c3cnco3)[nH]2)N=C1c1ccccc1. The lowest BCUT2D eigenvalue weighted by Gasteiger charge is -2.03. The number of hydrogen-bond donors (Lipinski definition) is 1. The van der Waals surface area contributed by atoms with E-state index in [9.17, 15) is 0 Å². The van der Waals surface area contributed by atoms with Gasteiger partial charge in [-0.3, -0.25) is 0 Å². The number of H-pyrrole nitrogens is 1. The van der Waals surface area contributed by atoms with E-state index >= 15 is 0 Å². The largest absolute Gasteiger partial charge is 0.442 e. The van der Waals surface area contributed by atoms with Gasteiger partial charge in [0.05, 0.1) is 23.3 Å². The lowest BCUT2D eigenvalue weighted by molar-refractivity contribution is 0.570. The number of rotatable bonds is 4. The van der Waals surface area contributed by atoms with E-state index < -0.39 is 0 Å². The molecule has 0 saturated carbocycles. The minimum atomic E-state index is 0.711. The first-order valence-corrected chi connectivity index (χ1v) is 9.08. The molecule has 0 fully saturated rings. The fourth-order valence-corrected chi connectivity index (χ4v) is 3.28. The number of benzene rings is 2. The van der Waals surface area contributed by atoms with E-state index in [0.717, 1.165) is 39.5 Å². The Balaban J connectivity index is 1.56. The van der Waals surface area contributed by atoms with Crippen molar-refractivity contribution in [1.82, 2.24) is 9.97 Å². The van der Waals surface area contributed by atoms with Crippen LogP contribution in [0.2, 0.25) is 0 Å². The average molecular weight is 363 g/mol. The quantitative estimate of drug-likeness (QED) is 0.513. The zero-order valence-corrected chi connectivity index (χ0v) is 15.0. The Bertz CT molecular complexity index is 1180. The minimum Gasteiger partial charge on any atom is -0.442 e. The molecule has 2 aromatic heterocycles. The average Bonchev–Trinajstić information content (AvgIpc) is 3.50. The third-order valence-corrected chi connectivity index (χ3v) is 4.65. The summed E-state index contributed by atoms with van der Waals surface area (Å²) in [5, 5.41) is 0. The second-order valence-corrected chi connectivity index (χ2v) is 6.51. The number of aromatic nitrogens is 2. The molecule has 134 valence electrons. The van der Waals surface area contributed by atoms with Crippen molar-refractivity contribution in [1.29, 1.82) is 0 Å². The van der Waals surface area contributed by atoms with Crippen LogP contribution in [-0.2, 0) is 0 Å². The summed E-state index contributed by atoms with van der Waals surface area (Å²) in [5.41, 5.74) is 7.10. The predicted octanol–water partition coefficient (Wildman–Crippen LogP) is 5.60. The van der Waals surface area contributed by atoms with Gasteiger partial charge >= 0.3 is 0 Å². The van der Waals surface area contributed by atoms with Crippen molar-refractivity contribution in [3.63, 3.8) is 0 Å². The summed E-state index contributed by atoms with van der Waals surface area (Å²) < 4.78 is 5.37. The van der Waals surface area contributed by atoms with Crippen LogP contribution in [0, 0.1) is 0 Å². The summed E-state index contributed by atoms with van der Waals surface area (Å²) in [6.07, 6.45) is 7.34. The molecule has 0 aliphatic carbocycles. The predicted molar refractivity (Wildman–Crippen MR) is 112 cm³/mol. The molecular weight excluding hydrogens is 346 g/mol. The molecule has 5 rings (SSSR count). The van der Waals surface area contributed by atoms with Crippen LogP contribution >= 0.6 is 0 Å². The van der Waals surface area contributed by atoms with Crippen LogP contribution in [0.1, 0.15) is 16.8 Å². The molecule has 4 heteroatoms. The summed E-state index contributed by atoms with van der Waals surface area (Å²) in [7, 11) is 0. The second-order valence-electron chi connectivity index (χ2n) is 6.51. The lowest BCUT2D eigenvalue weighted by Crippen LogP contribution is -1.92. The van der Waals surface area contributed by atoms with Crippen LogP contribution in [0.4, 0.5) is 0 Å². The molecule has 4 nitrogen and oxygen atoms in total. The van der Waals surface area contributed by atoms with Gasteiger partial charge in [0.15, 0.2) is 12.2 Å². The Morgan fingerprint density at radius 2 is 1.57 bits per heavy atom. The zero-order chi connectivity index (χ0) is 18.8. The van der Waals surface area contributed by atoms with E-state index in [0.29, 0.717) is 5.76 Å². The normalized spacial score (nSPS) is 14.9.